The average molecular weight is 328 g/mol. The van der Waals surface area contributed by atoms with Crippen molar-refractivity contribution in [1.82, 2.24) is 10.2 Å². The number of carbonyl (C=O) groups is 1. The maximum absolute atomic E-state index is 12.8. The molecule has 0 radical (unpaired) electrons. The lowest BCUT2D eigenvalue weighted by Crippen LogP contribution is -2.46. The molecule has 4 rings (SSSR count). The minimum Gasteiger partial charge on any atom is -0.445 e. The molecule has 3 fully saturated rings. The number of likely N-dealkylation sites (tertiary alicyclic amines) is 1. The van der Waals surface area contributed by atoms with E-state index in [1.165, 1.54) is 32.1 Å². The van der Waals surface area contributed by atoms with Gasteiger partial charge in [0.2, 0.25) is 0 Å². The van der Waals surface area contributed by atoms with Gasteiger partial charge in [0.25, 0.3) is 0 Å². The number of rotatable bonds is 2. The van der Waals surface area contributed by atoms with Gasteiger partial charge in [-0.3, -0.25) is 0 Å². The molecule has 4 heteroatoms. The first-order valence-corrected chi connectivity index (χ1v) is 9.47. The maximum atomic E-state index is 12.8. The number of hydrogen-bond donors (Lipinski definition) is 1. The van der Waals surface area contributed by atoms with E-state index >= 15 is 0 Å². The number of amides is 1. The van der Waals surface area contributed by atoms with Gasteiger partial charge < -0.3 is 15.0 Å². The first-order chi connectivity index (χ1) is 11.8. The van der Waals surface area contributed by atoms with Crippen molar-refractivity contribution in [2.75, 3.05) is 19.6 Å². The molecule has 1 aliphatic carbocycles. The monoisotopic (exact) mass is 328 g/mol. The smallest absolute Gasteiger partial charge is 0.410 e. The molecule has 1 saturated carbocycles. The number of carbonyl (C=O) groups excluding carboxylic acids is 1. The Kier molecular flexibility index (Phi) is 4.49. The topological polar surface area (TPSA) is 41.6 Å². The van der Waals surface area contributed by atoms with Crippen molar-refractivity contribution >= 4 is 6.09 Å². The summed E-state index contributed by atoms with van der Waals surface area (Å²) in [5, 5.41) is 3.59. The van der Waals surface area contributed by atoms with Crippen LogP contribution in [0.4, 0.5) is 4.79 Å². The Bertz CT molecular complexity index is 568. The maximum Gasteiger partial charge on any atom is 0.410 e. The summed E-state index contributed by atoms with van der Waals surface area (Å²) < 4.78 is 5.66. The van der Waals surface area contributed by atoms with Crippen LogP contribution >= 0.6 is 0 Å². The Hall–Kier alpha value is -1.55. The Labute approximate surface area is 144 Å². The van der Waals surface area contributed by atoms with Crippen LogP contribution in [0.3, 0.4) is 0 Å². The largest absolute Gasteiger partial charge is 0.445 e. The van der Waals surface area contributed by atoms with Crippen molar-refractivity contribution in [1.29, 1.82) is 0 Å². The molecule has 1 aromatic rings. The molecule has 0 bridgehead atoms. The fourth-order valence-corrected chi connectivity index (χ4v) is 5.22. The van der Waals surface area contributed by atoms with Gasteiger partial charge in [-0.05, 0) is 43.7 Å². The highest BCUT2D eigenvalue weighted by atomic mass is 16.6. The van der Waals surface area contributed by atoms with Crippen LogP contribution in [0.1, 0.15) is 44.1 Å². The van der Waals surface area contributed by atoms with Crippen molar-refractivity contribution in [2.24, 2.45) is 11.3 Å². The molecule has 2 heterocycles. The van der Waals surface area contributed by atoms with E-state index in [4.69, 9.17) is 4.74 Å². The van der Waals surface area contributed by atoms with Crippen molar-refractivity contribution in [3.63, 3.8) is 0 Å². The van der Waals surface area contributed by atoms with Crippen LogP contribution in [0.2, 0.25) is 0 Å². The number of piperidine rings is 1. The van der Waals surface area contributed by atoms with Crippen LogP contribution in [0.25, 0.3) is 0 Å². The van der Waals surface area contributed by atoms with E-state index in [0.29, 0.717) is 18.6 Å². The molecular weight excluding hydrogens is 300 g/mol. The minimum atomic E-state index is -0.113. The molecule has 2 saturated heterocycles. The summed E-state index contributed by atoms with van der Waals surface area (Å²) in [5.74, 6) is 0.656. The zero-order valence-electron chi connectivity index (χ0n) is 14.4. The number of nitrogens with zero attached hydrogens (tertiary/aromatic N) is 1. The van der Waals surface area contributed by atoms with Gasteiger partial charge in [-0.1, -0.05) is 43.2 Å². The van der Waals surface area contributed by atoms with E-state index in [9.17, 15) is 4.79 Å². The van der Waals surface area contributed by atoms with Crippen molar-refractivity contribution in [3.8, 4) is 0 Å². The standard InChI is InChI=1S/C20H28N2O2/c23-19(24-13-16-7-2-1-3-8-16)22-15-20(11-6-12-21-14-20)17-9-4-5-10-18(17)22/h1-3,7-8,17-18,21H,4-6,9-15H2. The summed E-state index contributed by atoms with van der Waals surface area (Å²) in [7, 11) is 0. The number of nitrogens with one attached hydrogen (secondary N) is 1. The molecule has 3 aliphatic rings. The second kappa shape index (κ2) is 6.75. The Balaban J connectivity index is 1.46. The quantitative estimate of drug-likeness (QED) is 0.902. The lowest BCUT2D eigenvalue weighted by Gasteiger charge is -2.41. The molecular formula is C20H28N2O2. The normalized spacial score (nSPS) is 32.6. The highest BCUT2D eigenvalue weighted by molar-refractivity contribution is 5.69. The van der Waals surface area contributed by atoms with E-state index in [2.05, 4.69) is 10.2 Å². The van der Waals surface area contributed by atoms with Gasteiger partial charge in [-0.2, -0.15) is 0 Å². The highest BCUT2D eigenvalue weighted by Crippen LogP contribution is 2.50. The molecule has 2 aliphatic heterocycles. The summed E-state index contributed by atoms with van der Waals surface area (Å²) in [5.41, 5.74) is 1.34. The minimum absolute atomic E-state index is 0.113. The molecule has 3 atom stereocenters. The van der Waals surface area contributed by atoms with Gasteiger partial charge in [0.15, 0.2) is 0 Å². The molecule has 1 spiro atoms. The average Bonchev–Trinajstić information content (AvgIpc) is 2.96. The second-order valence-electron chi connectivity index (χ2n) is 7.77. The molecule has 0 aromatic heterocycles. The first-order valence-electron chi connectivity index (χ1n) is 9.47. The fourth-order valence-electron chi connectivity index (χ4n) is 5.22. The summed E-state index contributed by atoms with van der Waals surface area (Å²) in [6, 6.07) is 10.4. The molecule has 1 N–H and O–H groups in total. The van der Waals surface area contributed by atoms with Gasteiger partial charge >= 0.3 is 6.09 Å². The summed E-state index contributed by atoms with van der Waals surface area (Å²) in [6.07, 6.45) is 7.35. The summed E-state index contributed by atoms with van der Waals surface area (Å²) in [6.45, 7) is 3.44. The third-order valence-corrected chi connectivity index (χ3v) is 6.35. The van der Waals surface area contributed by atoms with Gasteiger partial charge in [-0.15, -0.1) is 0 Å². The fraction of sp³-hybridized carbons (Fsp3) is 0.650. The number of benzene rings is 1. The zero-order valence-corrected chi connectivity index (χ0v) is 14.4. The predicted molar refractivity (Wildman–Crippen MR) is 93.6 cm³/mol. The lowest BCUT2D eigenvalue weighted by atomic mass is 9.66. The van der Waals surface area contributed by atoms with Crippen LogP contribution in [-0.4, -0.2) is 36.7 Å². The highest BCUT2D eigenvalue weighted by Gasteiger charge is 2.54. The van der Waals surface area contributed by atoms with E-state index in [0.717, 1.165) is 31.6 Å². The predicted octanol–water partition coefficient (Wildman–Crippen LogP) is 3.57. The van der Waals surface area contributed by atoms with Crippen molar-refractivity contribution in [3.05, 3.63) is 35.9 Å². The van der Waals surface area contributed by atoms with Gasteiger partial charge in [0.1, 0.15) is 6.61 Å². The number of fused-ring (bicyclic) bond motifs is 2. The number of ether oxygens (including phenoxy) is 1. The van der Waals surface area contributed by atoms with E-state index in [1.807, 2.05) is 30.3 Å². The van der Waals surface area contributed by atoms with E-state index in [-0.39, 0.29) is 11.5 Å². The molecule has 24 heavy (non-hydrogen) atoms. The lowest BCUT2D eigenvalue weighted by molar-refractivity contribution is 0.0822. The first kappa shape index (κ1) is 15.9. The Morgan fingerprint density at radius 1 is 1.21 bits per heavy atom. The van der Waals surface area contributed by atoms with E-state index in [1.54, 1.807) is 0 Å². The van der Waals surface area contributed by atoms with Crippen LogP contribution < -0.4 is 5.32 Å². The van der Waals surface area contributed by atoms with Crippen molar-refractivity contribution in [2.45, 2.75) is 51.2 Å². The summed E-state index contributed by atoms with van der Waals surface area (Å²) >= 11 is 0. The third kappa shape index (κ3) is 2.92. The van der Waals surface area contributed by atoms with Crippen LogP contribution in [-0.2, 0) is 11.3 Å². The molecule has 3 unspecified atom stereocenters. The Morgan fingerprint density at radius 3 is 2.83 bits per heavy atom. The van der Waals surface area contributed by atoms with Gasteiger partial charge in [0.05, 0.1) is 0 Å². The van der Waals surface area contributed by atoms with Crippen LogP contribution in [0.5, 0.6) is 0 Å². The van der Waals surface area contributed by atoms with Gasteiger partial charge in [0, 0.05) is 24.5 Å². The molecule has 130 valence electrons. The van der Waals surface area contributed by atoms with E-state index < -0.39 is 0 Å². The van der Waals surface area contributed by atoms with Crippen molar-refractivity contribution < 1.29 is 9.53 Å². The number of hydrogen-bond acceptors (Lipinski definition) is 3. The van der Waals surface area contributed by atoms with Crippen LogP contribution in [0, 0.1) is 11.3 Å². The second-order valence-corrected chi connectivity index (χ2v) is 7.77. The third-order valence-electron chi connectivity index (χ3n) is 6.35. The molecule has 1 aromatic carbocycles. The summed E-state index contributed by atoms with van der Waals surface area (Å²) in [4.78, 5) is 14.9. The SMILES string of the molecule is O=C(OCc1ccccc1)N1CC2(CCCNC2)C2CCCCC21. The van der Waals surface area contributed by atoms with Gasteiger partial charge in [-0.25, -0.2) is 4.79 Å². The molecule has 1 amide bonds. The Morgan fingerprint density at radius 2 is 2.04 bits per heavy atom. The van der Waals surface area contributed by atoms with Crippen LogP contribution in [0.15, 0.2) is 30.3 Å². The zero-order chi connectivity index (χ0) is 16.4. The molecule has 4 nitrogen and oxygen atoms in total.